The molecule has 5 heteroatoms. The average Bonchev–Trinajstić information content (AvgIpc) is 3.20. The molecule has 2 unspecified atom stereocenters. The van der Waals surface area contributed by atoms with Gasteiger partial charge in [0, 0.05) is 18.8 Å². The van der Waals surface area contributed by atoms with Crippen LogP contribution in [0.1, 0.15) is 57.4 Å². The van der Waals surface area contributed by atoms with E-state index in [1.807, 2.05) is 12.3 Å². The van der Waals surface area contributed by atoms with Crippen LogP contribution in [-0.4, -0.2) is 45.2 Å². The second-order valence-electron chi connectivity index (χ2n) is 7.05. The molecule has 4 rings (SSSR count). The van der Waals surface area contributed by atoms with Gasteiger partial charge in [-0.1, -0.05) is 0 Å². The first kappa shape index (κ1) is 15.1. The van der Waals surface area contributed by atoms with Crippen LogP contribution in [0.2, 0.25) is 0 Å². The number of pyridine rings is 1. The minimum Gasteiger partial charge on any atom is -0.379 e. The van der Waals surface area contributed by atoms with Gasteiger partial charge in [0.1, 0.15) is 11.3 Å². The number of nitrogens with zero attached hydrogens (tertiary/aromatic N) is 4. The highest BCUT2D eigenvalue weighted by molar-refractivity contribution is 5.71. The smallest absolute Gasteiger partial charge is 0.160 e. The van der Waals surface area contributed by atoms with E-state index < -0.39 is 0 Å². The van der Waals surface area contributed by atoms with Crippen LogP contribution >= 0.6 is 0 Å². The van der Waals surface area contributed by atoms with E-state index in [4.69, 9.17) is 9.72 Å². The predicted octanol–water partition coefficient (Wildman–Crippen LogP) is 3.33. The Morgan fingerprint density at radius 2 is 2.17 bits per heavy atom. The first-order valence-corrected chi connectivity index (χ1v) is 8.92. The number of aromatic nitrogens is 3. The molecule has 0 bridgehead atoms. The van der Waals surface area contributed by atoms with E-state index in [1.165, 1.54) is 25.2 Å². The molecule has 2 aromatic rings. The van der Waals surface area contributed by atoms with Crippen LogP contribution in [0.3, 0.4) is 0 Å². The van der Waals surface area contributed by atoms with E-state index in [9.17, 15) is 0 Å². The molecule has 0 saturated carbocycles. The maximum absolute atomic E-state index is 5.76. The Morgan fingerprint density at radius 3 is 2.96 bits per heavy atom. The lowest BCUT2D eigenvalue weighted by atomic mass is 10.1. The van der Waals surface area contributed by atoms with Crippen molar-refractivity contribution < 1.29 is 4.74 Å². The highest BCUT2D eigenvalue weighted by atomic mass is 16.5. The fourth-order valence-corrected chi connectivity index (χ4v) is 4.15. The summed E-state index contributed by atoms with van der Waals surface area (Å²) in [6, 6.07) is 5.39. The second-order valence-corrected chi connectivity index (χ2v) is 7.05. The normalized spacial score (nSPS) is 26.4. The first-order valence-electron chi connectivity index (χ1n) is 8.92. The molecule has 2 aliphatic heterocycles. The summed E-state index contributed by atoms with van der Waals surface area (Å²) in [7, 11) is 0. The molecule has 5 nitrogen and oxygen atoms in total. The molecule has 0 amide bonds. The third-order valence-electron chi connectivity index (χ3n) is 5.23. The Labute approximate surface area is 137 Å². The van der Waals surface area contributed by atoms with Crippen molar-refractivity contribution in [2.24, 2.45) is 0 Å². The lowest BCUT2D eigenvalue weighted by Crippen LogP contribution is -2.33. The summed E-state index contributed by atoms with van der Waals surface area (Å²) in [5.74, 6) is 1.19. The second kappa shape index (κ2) is 6.21. The Morgan fingerprint density at radius 1 is 1.26 bits per heavy atom. The van der Waals surface area contributed by atoms with Gasteiger partial charge in [-0.3, -0.25) is 4.90 Å². The summed E-state index contributed by atoms with van der Waals surface area (Å²) in [5.41, 5.74) is 2.04. The monoisotopic (exact) mass is 314 g/mol. The molecule has 23 heavy (non-hydrogen) atoms. The van der Waals surface area contributed by atoms with Crippen molar-refractivity contribution in [1.29, 1.82) is 0 Å². The number of hydrogen-bond acceptors (Lipinski definition) is 4. The van der Waals surface area contributed by atoms with Gasteiger partial charge in [-0.05, 0) is 58.2 Å². The molecule has 2 saturated heterocycles. The van der Waals surface area contributed by atoms with Crippen LogP contribution in [-0.2, 0) is 4.74 Å². The highest BCUT2D eigenvalue weighted by Crippen LogP contribution is 2.37. The molecule has 0 N–H and O–H groups in total. The van der Waals surface area contributed by atoms with Crippen molar-refractivity contribution in [2.45, 2.75) is 57.7 Å². The Balaban J connectivity index is 1.81. The SMILES string of the molecule is CC(C)N1CCCC1c1nc2cccnc2n1C1CCCOC1. The van der Waals surface area contributed by atoms with Gasteiger partial charge < -0.3 is 9.30 Å². The Bertz CT molecular complexity index is 675. The number of rotatable bonds is 3. The zero-order valence-electron chi connectivity index (χ0n) is 14.1. The van der Waals surface area contributed by atoms with E-state index in [-0.39, 0.29) is 0 Å². The molecule has 0 radical (unpaired) electrons. The third kappa shape index (κ3) is 2.66. The number of imidazole rings is 1. The van der Waals surface area contributed by atoms with Gasteiger partial charge in [0.25, 0.3) is 0 Å². The van der Waals surface area contributed by atoms with Crippen molar-refractivity contribution in [1.82, 2.24) is 19.4 Å². The maximum Gasteiger partial charge on any atom is 0.160 e. The van der Waals surface area contributed by atoms with Gasteiger partial charge >= 0.3 is 0 Å². The molecule has 4 heterocycles. The van der Waals surface area contributed by atoms with Crippen LogP contribution in [0.25, 0.3) is 11.2 Å². The van der Waals surface area contributed by atoms with Crippen molar-refractivity contribution in [3.8, 4) is 0 Å². The lowest BCUT2D eigenvalue weighted by molar-refractivity contribution is 0.0573. The predicted molar refractivity (Wildman–Crippen MR) is 90.4 cm³/mol. The summed E-state index contributed by atoms with van der Waals surface area (Å²) < 4.78 is 8.15. The van der Waals surface area contributed by atoms with Crippen LogP contribution in [0.4, 0.5) is 0 Å². The van der Waals surface area contributed by atoms with Crippen molar-refractivity contribution in [3.63, 3.8) is 0 Å². The van der Waals surface area contributed by atoms with E-state index in [2.05, 4.69) is 34.4 Å². The lowest BCUT2D eigenvalue weighted by Gasteiger charge is -2.31. The van der Waals surface area contributed by atoms with Crippen molar-refractivity contribution >= 4 is 11.2 Å². The zero-order valence-corrected chi connectivity index (χ0v) is 14.1. The highest BCUT2D eigenvalue weighted by Gasteiger charge is 2.34. The largest absolute Gasteiger partial charge is 0.379 e. The summed E-state index contributed by atoms with van der Waals surface area (Å²) >= 11 is 0. The molecular formula is C18H26N4O. The van der Waals surface area contributed by atoms with Crippen LogP contribution in [0.15, 0.2) is 18.3 Å². The van der Waals surface area contributed by atoms with E-state index in [1.54, 1.807) is 0 Å². The van der Waals surface area contributed by atoms with Gasteiger partial charge in [-0.15, -0.1) is 0 Å². The van der Waals surface area contributed by atoms with E-state index >= 15 is 0 Å². The zero-order chi connectivity index (χ0) is 15.8. The van der Waals surface area contributed by atoms with Crippen molar-refractivity contribution in [3.05, 3.63) is 24.2 Å². The third-order valence-corrected chi connectivity index (χ3v) is 5.23. The number of ether oxygens (including phenoxy) is 1. The van der Waals surface area contributed by atoms with E-state index in [0.29, 0.717) is 18.1 Å². The van der Waals surface area contributed by atoms with Gasteiger partial charge in [-0.2, -0.15) is 0 Å². The average molecular weight is 314 g/mol. The standard InChI is InChI=1S/C18H26N4O/c1-13(2)21-10-4-8-16(21)18-20-15-7-3-9-19-17(15)22(18)14-6-5-11-23-12-14/h3,7,9,13-14,16H,4-6,8,10-12H2,1-2H3. The molecule has 0 aromatic carbocycles. The molecular weight excluding hydrogens is 288 g/mol. The number of fused-ring (bicyclic) bond motifs is 1. The van der Waals surface area contributed by atoms with Gasteiger partial charge in [0.05, 0.1) is 18.7 Å². The topological polar surface area (TPSA) is 43.2 Å². The quantitative estimate of drug-likeness (QED) is 0.871. The Hall–Kier alpha value is -1.46. The maximum atomic E-state index is 5.76. The summed E-state index contributed by atoms with van der Waals surface area (Å²) in [4.78, 5) is 12.2. The minimum absolute atomic E-state index is 0.369. The van der Waals surface area contributed by atoms with Crippen LogP contribution < -0.4 is 0 Å². The molecule has 0 spiro atoms. The molecule has 2 atom stereocenters. The van der Waals surface area contributed by atoms with E-state index in [0.717, 1.165) is 37.2 Å². The summed E-state index contributed by atoms with van der Waals surface area (Å²) in [5, 5.41) is 0. The number of hydrogen-bond donors (Lipinski definition) is 0. The molecule has 2 fully saturated rings. The Kier molecular flexibility index (Phi) is 4.07. The molecule has 2 aliphatic rings. The first-order chi connectivity index (χ1) is 11.3. The van der Waals surface area contributed by atoms with Crippen LogP contribution in [0, 0.1) is 0 Å². The van der Waals surface area contributed by atoms with Gasteiger partial charge in [0.2, 0.25) is 0 Å². The molecule has 2 aromatic heterocycles. The fraction of sp³-hybridized carbons (Fsp3) is 0.667. The fourth-order valence-electron chi connectivity index (χ4n) is 4.15. The number of likely N-dealkylation sites (tertiary alicyclic amines) is 1. The van der Waals surface area contributed by atoms with Gasteiger partial charge in [-0.25, -0.2) is 9.97 Å². The summed E-state index contributed by atoms with van der Waals surface area (Å²) in [6.07, 6.45) is 6.59. The minimum atomic E-state index is 0.369. The summed E-state index contributed by atoms with van der Waals surface area (Å²) in [6.45, 7) is 7.40. The van der Waals surface area contributed by atoms with Gasteiger partial charge in [0.15, 0.2) is 5.65 Å². The molecule has 124 valence electrons. The molecule has 0 aliphatic carbocycles. The van der Waals surface area contributed by atoms with Crippen molar-refractivity contribution in [2.75, 3.05) is 19.8 Å². The van der Waals surface area contributed by atoms with Crippen LogP contribution in [0.5, 0.6) is 0 Å².